The molecule has 1 aromatic heterocycles. The van der Waals surface area contributed by atoms with Crippen molar-refractivity contribution in [2.75, 3.05) is 26.7 Å². The van der Waals surface area contributed by atoms with Crippen molar-refractivity contribution >= 4 is 0 Å². The van der Waals surface area contributed by atoms with Gasteiger partial charge in [0.2, 0.25) is 0 Å². The third-order valence-electron chi connectivity index (χ3n) is 5.89. The van der Waals surface area contributed by atoms with E-state index in [1.54, 1.807) is 0 Å². The molecular formula is C24H30N4. The third kappa shape index (κ3) is 3.89. The van der Waals surface area contributed by atoms with E-state index in [1.807, 2.05) is 0 Å². The molecule has 0 N–H and O–H groups in total. The van der Waals surface area contributed by atoms with Crippen LogP contribution in [0.25, 0.3) is 16.9 Å². The second-order valence-corrected chi connectivity index (χ2v) is 8.17. The van der Waals surface area contributed by atoms with E-state index in [0.29, 0.717) is 6.04 Å². The van der Waals surface area contributed by atoms with Crippen molar-refractivity contribution in [1.82, 2.24) is 19.6 Å². The first-order chi connectivity index (χ1) is 13.5. The van der Waals surface area contributed by atoms with Crippen molar-refractivity contribution in [3.8, 4) is 16.9 Å². The van der Waals surface area contributed by atoms with E-state index in [9.17, 15) is 0 Å². The summed E-state index contributed by atoms with van der Waals surface area (Å²) in [5, 5.41) is 5.03. The van der Waals surface area contributed by atoms with Gasteiger partial charge in [0.1, 0.15) is 0 Å². The molecule has 0 amide bonds. The summed E-state index contributed by atoms with van der Waals surface area (Å²) in [6.07, 6.45) is 2.23. The zero-order valence-electron chi connectivity index (χ0n) is 17.4. The number of rotatable bonds is 4. The molecule has 0 bridgehead atoms. The molecule has 1 fully saturated rings. The Morgan fingerprint density at radius 1 is 1.04 bits per heavy atom. The van der Waals surface area contributed by atoms with Crippen LogP contribution in [-0.2, 0) is 6.54 Å². The summed E-state index contributed by atoms with van der Waals surface area (Å²) in [4.78, 5) is 5.00. The molecular weight excluding hydrogens is 344 g/mol. The lowest BCUT2D eigenvalue weighted by Crippen LogP contribution is -2.49. The molecule has 0 aliphatic carbocycles. The summed E-state index contributed by atoms with van der Waals surface area (Å²) in [5.41, 5.74) is 7.23. The monoisotopic (exact) mass is 374 g/mol. The summed E-state index contributed by atoms with van der Waals surface area (Å²) >= 11 is 0. The number of benzene rings is 2. The molecule has 1 atom stereocenters. The minimum absolute atomic E-state index is 0.586. The van der Waals surface area contributed by atoms with Crippen LogP contribution in [-0.4, -0.2) is 52.3 Å². The van der Waals surface area contributed by atoms with E-state index in [-0.39, 0.29) is 0 Å². The fourth-order valence-electron chi connectivity index (χ4n) is 3.96. The summed E-state index contributed by atoms with van der Waals surface area (Å²) in [6, 6.07) is 17.7. The van der Waals surface area contributed by atoms with E-state index in [2.05, 4.69) is 97.0 Å². The fraction of sp³-hybridized carbons (Fsp3) is 0.375. The molecule has 0 spiro atoms. The first-order valence-electron chi connectivity index (χ1n) is 10.2. The largest absolute Gasteiger partial charge is 0.301 e. The normalized spacial score (nSPS) is 18.5. The quantitative estimate of drug-likeness (QED) is 0.681. The molecule has 1 aliphatic heterocycles. The molecule has 0 radical (unpaired) electrons. The van der Waals surface area contributed by atoms with Crippen molar-refractivity contribution in [1.29, 1.82) is 0 Å². The maximum atomic E-state index is 5.03. The average Bonchev–Trinajstić information content (AvgIpc) is 3.11. The van der Waals surface area contributed by atoms with Gasteiger partial charge >= 0.3 is 0 Å². The van der Waals surface area contributed by atoms with Crippen molar-refractivity contribution in [2.45, 2.75) is 33.4 Å². The van der Waals surface area contributed by atoms with Gasteiger partial charge in [0.05, 0.1) is 11.4 Å². The van der Waals surface area contributed by atoms with Gasteiger partial charge in [-0.3, -0.25) is 4.90 Å². The standard InChI is InChI=1S/C24H30N4/c1-18-10-11-19(2)23(14-18)28-17-22(16-27-13-12-26(4)20(3)15-27)24(25-28)21-8-6-5-7-9-21/h5-11,14,17,20H,12-13,15-16H2,1-4H3. The molecule has 2 heterocycles. The maximum absolute atomic E-state index is 5.03. The molecule has 146 valence electrons. The Labute approximate surface area is 168 Å². The molecule has 1 aliphatic rings. The third-order valence-corrected chi connectivity index (χ3v) is 5.89. The number of hydrogen-bond acceptors (Lipinski definition) is 3. The summed E-state index contributed by atoms with van der Waals surface area (Å²) in [5.74, 6) is 0. The van der Waals surface area contributed by atoms with E-state index in [0.717, 1.165) is 37.6 Å². The SMILES string of the molecule is Cc1ccc(C)c(-n2cc(CN3CCN(C)C(C)C3)c(-c3ccccc3)n2)c1. The van der Waals surface area contributed by atoms with Crippen LogP contribution in [0.15, 0.2) is 54.7 Å². The smallest absolute Gasteiger partial charge is 0.0972 e. The molecule has 4 nitrogen and oxygen atoms in total. The minimum atomic E-state index is 0.586. The first kappa shape index (κ1) is 18.9. The second-order valence-electron chi connectivity index (χ2n) is 8.17. The average molecular weight is 375 g/mol. The van der Waals surface area contributed by atoms with Crippen LogP contribution in [0, 0.1) is 13.8 Å². The van der Waals surface area contributed by atoms with Gasteiger partial charge in [-0.05, 0) is 45.0 Å². The molecule has 2 aromatic carbocycles. The zero-order valence-corrected chi connectivity index (χ0v) is 17.4. The summed E-state index contributed by atoms with van der Waals surface area (Å²) in [6.45, 7) is 10.9. The Hall–Kier alpha value is -2.43. The Bertz CT molecular complexity index is 944. The van der Waals surface area contributed by atoms with Crippen LogP contribution >= 0.6 is 0 Å². The number of likely N-dealkylation sites (N-methyl/N-ethyl adjacent to an activating group) is 1. The highest BCUT2D eigenvalue weighted by Gasteiger charge is 2.23. The topological polar surface area (TPSA) is 24.3 Å². The van der Waals surface area contributed by atoms with Gasteiger partial charge in [-0.1, -0.05) is 42.5 Å². The fourth-order valence-corrected chi connectivity index (χ4v) is 3.96. The van der Waals surface area contributed by atoms with Gasteiger partial charge in [0.25, 0.3) is 0 Å². The molecule has 0 saturated carbocycles. The van der Waals surface area contributed by atoms with Crippen LogP contribution in [0.1, 0.15) is 23.6 Å². The van der Waals surface area contributed by atoms with E-state index in [4.69, 9.17) is 5.10 Å². The van der Waals surface area contributed by atoms with Crippen molar-refractivity contribution < 1.29 is 0 Å². The molecule has 4 heteroatoms. The molecule has 3 aromatic rings. The molecule has 1 saturated heterocycles. The van der Waals surface area contributed by atoms with Crippen molar-refractivity contribution in [2.24, 2.45) is 0 Å². The van der Waals surface area contributed by atoms with E-state index < -0.39 is 0 Å². The van der Waals surface area contributed by atoms with Gasteiger partial charge in [-0.15, -0.1) is 0 Å². The number of hydrogen-bond donors (Lipinski definition) is 0. The lowest BCUT2D eigenvalue weighted by molar-refractivity contribution is 0.100. The molecule has 4 rings (SSSR count). The first-order valence-corrected chi connectivity index (χ1v) is 10.2. The number of aryl methyl sites for hydroxylation is 2. The van der Waals surface area contributed by atoms with Crippen LogP contribution < -0.4 is 0 Å². The van der Waals surface area contributed by atoms with Gasteiger partial charge in [0.15, 0.2) is 0 Å². The van der Waals surface area contributed by atoms with Crippen LogP contribution in [0.5, 0.6) is 0 Å². The van der Waals surface area contributed by atoms with Crippen molar-refractivity contribution in [3.63, 3.8) is 0 Å². The van der Waals surface area contributed by atoms with Gasteiger partial charge in [-0.25, -0.2) is 4.68 Å². The van der Waals surface area contributed by atoms with Crippen LogP contribution in [0.3, 0.4) is 0 Å². The highest BCUT2D eigenvalue weighted by atomic mass is 15.3. The van der Waals surface area contributed by atoms with Gasteiger partial charge in [0, 0.05) is 49.5 Å². The highest BCUT2D eigenvalue weighted by molar-refractivity contribution is 5.63. The number of piperazine rings is 1. The predicted molar refractivity (Wildman–Crippen MR) is 116 cm³/mol. The Kier molecular flexibility index (Phi) is 5.33. The zero-order chi connectivity index (χ0) is 19.7. The minimum Gasteiger partial charge on any atom is -0.301 e. The summed E-state index contributed by atoms with van der Waals surface area (Å²) in [7, 11) is 2.22. The highest BCUT2D eigenvalue weighted by Crippen LogP contribution is 2.26. The lowest BCUT2D eigenvalue weighted by atomic mass is 10.1. The predicted octanol–water partition coefficient (Wildman–Crippen LogP) is 4.29. The van der Waals surface area contributed by atoms with Crippen LogP contribution in [0.2, 0.25) is 0 Å². The van der Waals surface area contributed by atoms with Gasteiger partial charge in [-0.2, -0.15) is 5.10 Å². The maximum Gasteiger partial charge on any atom is 0.0972 e. The van der Waals surface area contributed by atoms with Crippen LogP contribution in [0.4, 0.5) is 0 Å². The van der Waals surface area contributed by atoms with E-state index in [1.165, 1.54) is 22.3 Å². The number of aromatic nitrogens is 2. The summed E-state index contributed by atoms with van der Waals surface area (Å²) < 4.78 is 2.07. The Balaban J connectivity index is 1.72. The van der Waals surface area contributed by atoms with E-state index >= 15 is 0 Å². The Morgan fingerprint density at radius 3 is 2.57 bits per heavy atom. The van der Waals surface area contributed by atoms with Gasteiger partial charge < -0.3 is 4.90 Å². The number of nitrogens with zero attached hydrogens (tertiary/aromatic N) is 4. The van der Waals surface area contributed by atoms with Crippen molar-refractivity contribution in [3.05, 3.63) is 71.4 Å². The molecule has 1 unspecified atom stereocenters. The Morgan fingerprint density at radius 2 is 1.82 bits per heavy atom. The lowest BCUT2D eigenvalue weighted by Gasteiger charge is -2.37. The second kappa shape index (κ2) is 7.90. The molecule has 28 heavy (non-hydrogen) atoms.